The first kappa shape index (κ1) is 15.3. The van der Waals surface area contributed by atoms with E-state index in [4.69, 9.17) is 16.3 Å². The van der Waals surface area contributed by atoms with Crippen molar-refractivity contribution >= 4 is 34.1 Å². The number of Topliss-reactive ketones (excluding diaryl/α,β-unsaturated/α-hetero) is 1. The second-order valence-corrected chi connectivity index (χ2v) is 5.50. The minimum atomic E-state index is -0.516. The van der Waals surface area contributed by atoms with Gasteiger partial charge in [0, 0.05) is 10.6 Å². The Morgan fingerprint density at radius 2 is 1.48 bits per heavy atom. The van der Waals surface area contributed by atoms with Gasteiger partial charge in [0.2, 0.25) is 0 Å². The van der Waals surface area contributed by atoms with Crippen LogP contribution in [0.1, 0.15) is 20.7 Å². The van der Waals surface area contributed by atoms with Gasteiger partial charge in [-0.05, 0) is 47.2 Å². The van der Waals surface area contributed by atoms with E-state index in [9.17, 15) is 9.59 Å². The Morgan fingerprint density at radius 1 is 0.826 bits per heavy atom. The molecule has 0 saturated heterocycles. The molecular formula is C19H13ClO3. The average molecular weight is 325 g/mol. The van der Waals surface area contributed by atoms with Crippen molar-refractivity contribution in [2.45, 2.75) is 0 Å². The molecule has 0 amide bonds. The van der Waals surface area contributed by atoms with Gasteiger partial charge in [-0.15, -0.1) is 0 Å². The van der Waals surface area contributed by atoms with E-state index in [0.717, 1.165) is 10.8 Å². The lowest BCUT2D eigenvalue weighted by Gasteiger charge is -2.06. The van der Waals surface area contributed by atoms with Crippen LogP contribution in [0.3, 0.4) is 0 Å². The first-order valence-corrected chi connectivity index (χ1v) is 7.46. The zero-order valence-corrected chi connectivity index (χ0v) is 12.9. The SMILES string of the molecule is O=C(COC(=O)c1ccc2ccccc2c1)c1ccc(Cl)cc1. The molecule has 114 valence electrons. The van der Waals surface area contributed by atoms with Crippen LogP contribution < -0.4 is 0 Å². The number of hydrogen-bond donors (Lipinski definition) is 0. The van der Waals surface area contributed by atoms with E-state index in [0.29, 0.717) is 16.1 Å². The van der Waals surface area contributed by atoms with E-state index in [2.05, 4.69) is 0 Å². The summed E-state index contributed by atoms with van der Waals surface area (Å²) < 4.78 is 5.10. The molecule has 0 aliphatic carbocycles. The van der Waals surface area contributed by atoms with Crippen molar-refractivity contribution in [1.29, 1.82) is 0 Å². The lowest BCUT2D eigenvalue weighted by molar-refractivity contribution is 0.0475. The zero-order valence-electron chi connectivity index (χ0n) is 12.2. The molecule has 0 unspecified atom stereocenters. The fourth-order valence-electron chi connectivity index (χ4n) is 2.25. The molecule has 3 rings (SSSR count). The summed E-state index contributed by atoms with van der Waals surface area (Å²) in [7, 11) is 0. The third kappa shape index (κ3) is 3.58. The molecule has 23 heavy (non-hydrogen) atoms. The topological polar surface area (TPSA) is 43.4 Å². The van der Waals surface area contributed by atoms with Crippen molar-refractivity contribution < 1.29 is 14.3 Å². The number of carbonyl (C=O) groups excluding carboxylic acids is 2. The van der Waals surface area contributed by atoms with Crippen molar-refractivity contribution in [2.75, 3.05) is 6.61 Å². The number of benzene rings is 3. The van der Waals surface area contributed by atoms with Crippen molar-refractivity contribution in [2.24, 2.45) is 0 Å². The standard InChI is InChI=1S/C19H13ClO3/c20-17-9-7-14(8-10-17)18(21)12-23-19(22)16-6-5-13-3-1-2-4-15(13)11-16/h1-11H,12H2. The Balaban J connectivity index is 1.68. The highest BCUT2D eigenvalue weighted by Gasteiger charge is 2.12. The van der Waals surface area contributed by atoms with Crippen molar-refractivity contribution in [1.82, 2.24) is 0 Å². The number of ketones is 1. The molecular weight excluding hydrogens is 312 g/mol. The molecule has 0 aliphatic heterocycles. The molecule has 3 aromatic rings. The number of carbonyl (C=O) groups is 2. The number of rotatable bonds is 4. The summed E-state index contributed by atoms with van der Waals surface area (Å²) in [6, 6.07) is 19.5. The molecule has 0 spiro atoms. The number of fused-ring (bicyclic) bond motifs is 1. The first-order valence-electron chi connectivity index (χ1n) is 7.08. The van der Waals surface area contributed by atoms with Crippen LogP contribution >= 0.6 is 11.6 Å². The second kappa shape index (κ2) is 6.63. The Labute approximate surface area is 138 Å². The van der Waals surface area contributed by atoms with Gasteiger partial charge < -0.3 is 4.74 Å². The molecule has 0 radical (unpaired) electrons. The van der Waals surface area contributed by atoms with Crippen molar-refractivity contribution in [3.8, 4) is 0 Å². The molecule has 0 aromatic heterocycles. The first-order chi connectivity index (χ1) is 11.1. The van der Waals surface area contributed by atoms with Gasteiger partial charge in [0.05, 0.1) is 5.56 Å². The molecule has 0 atom stereocenters. The van der Waals surface area contributed by atoms with E-state index < -0.39 is 5.97 Å². The Hall–Kier alpha value is -2.65. The highest BCUT2D eigenvalue weighted by Crippen LogP contribution is 2.16. The maximum absolute atomic E-state index is 12.1. The minimum absolute atomic E-state index is 0.268. The molecule has 3 nitrogen and oxygen atoms in total. The molecule has 0 N–H and O–H groups in total. The van der Waals surface area contributed by atoms with Crippen molar-refractivity contribution in [3.05, 3.63) is 82.9 Å². The lowest BCUT2D eigenvalue weighted by atomic mass is 10.1. The predicted octanol–water partition coefficient (Wildman–Crippen LogP) is 4.53. The number of ether oxygens (including phenoxy) is 1. The normalized spacial score (nSPS) is 10.5. The zero-order chi connectivity index (χ0) is 16.2. The fraction of sp³-hybridized carbons (Fsp3) is 0.0526. The summed E-state index contributed by atoms with van der Waals surface area (Å²) >= 11 is 5.77. The Bertz CT molecular complexity index is 869. The molecule has 0 bridgehead atoms. The summed E-state index contributed by atoms with van der Waals surface area (Å²) in [5, 5.41) is 2.54. The predicted molar refractivity (Wildman–Crippen MR) is 90.0 cm³/mol. The summed E-state index contributed by atoms with van der Waals surface area (Å²) in [5.41, 5.74) is 0.883. The third-order valence-corrected chi connectivity index (χ3v) is 3.74. The quantitative estimate of drug-likeness (QED) is 0.523. The van der Waals surface area contributed by atoms with Gasteiger partial charge in [-0.3, -0.25) is 4.79 Å². The average Bonchev–Trinajstić information content (AvgIpc) is 2.59. The third-order valence-electron chi connectivity index (χ3n) is 3.49. The molecule has 3 aromatic carbocycles. The monoisotopic (exact) mass is 324 g/mol. The Morgan fingerprint density at radius 3 is 2.22 bits per heavy atom. The number of halogens is 1. The van der Waals surface area contributed by atoms with Gasteiger partial charge in [0.15, 0.2) is 12.4 Å². The van der Waals surface area contributed by atoms with Gasteiger partial charge in [0.25, 0.3) is 0 Å². The smallest absolute Gasteiger partial charge is 0.338 e. The molecule has 4 heteroatoms. The van der Waals surface area contributed by atoms with E-state index in [-0.39, 0.29) is 12.4 Å². The fourth-order valence-corrected chi connectivity index (χ4v) is 2.38. The maximum Gasteiger partial charge on any atom is 0.338 e. The summed E-state index contributed by atoms with van der Waals surface area (Å²) in [6.07, 6.45) is 0. The van der Waals surface area contributed by atoms with Crippen LogP contribution in [-0.2, 0) is 4.74 Å². The number of esters is 1. The van der Waals surface area contributed by atoms with Gasteiger partial charge in [-0.25, -0.2) is 4.79 Å². The molecule has 0 heterocycles. The molecule has 0 aliphatic rings. The summed E-state index contributed by atoms with van der Waals surface area (Å²) in [6.45, 7) is -0.298. The molecule has 0 saturated carbocycles. The second-order valence-electron chi connectivity index (χ2n) is 5.07. The summed E-state index contributed by atoms with van der Waals surface area (Å²) in [5.74, 6) is -0.783. The van der Waals surface area contributed by atoms with Gasteiger partial charge in [0.1, 0.15) is 0 Å². The van der Waals surface area contributed by atoms with Crippen LogP contribution in [0, 0.1) is 0 Å². The lowest BCUT2D eigenvalue weighted by Crippen LogP contribution is -2.14. The van der Waals surface area contributed by atoms with E-state index in [1.54, 1.807) is 36.4 Å². The van der Waals surface area contributed by atoms with E-state index in [1.165, 1.54) is 0 Å². The van der Waals surface area contributed by atoms with Crippen LogP contribution in [0.4, 0.5) is 0 Å². The van der Waals surface area contributed by atoms with Gasteiger partial charge >= 0.3 is 5.97 Å². The van der Waals surface area contributed by atoms with Crippen molar-refractivity contribution in [3.63, 3.8) is 0 Å². The minimum Gasteiger partial charge on any atom is -0.454 e. The highest BCUT2D eigenvalue weighted by atomic mass is 35.5. The van der Waals surface area contributed by atoms with Crippen LogP contribution in [0.2, 0.25) is 5.02 Å². The van der Waals surface area contributed by atoms with Gasteiger partial charge in [-0.1, -0.05) is 41.9 Å². The highest BCUT2D eigenvalue weighted by molar-refractivity contribution is 6.30. The van der Waals surface area contributed by atoms with Crippen LogP contribution in [0.25, 0.3) is 10.8 Å². The summed E-state index contributed by atoms with van der Waals surface area (Å²) in [4.78, 5) is 24.1. The van der Waals surface area contributed by atoms with Gasteiger partial charge in [-0.2, -0.15) is 0 Å². The van der Waals surface area contributed by atoms with Crippen LogP contribution in [0.15, 0.2) is 66.7 Å². The van der Waals surface area contributed by atoms with Crippen LogP contribution in [-0.4, -0.2) is 18.4 Å². The Kier molecular flexibility index (Phi) is 4.40. The maximum atomic E-state index is 12.1. The largest absolute Gasteiger partial charge is 0.454 e. The number of hydrogen-bond acceptors (Lipinski definition) is 3. The van der Waals surface area contributed by atoms with E-state index in [1.807, 2.05) is 30.3 Å². The van der Waals surface area contributed by atoms with Crippen LogP contribution in [0.5, 0.6) is 0 Å². The van der Waals surface area contributed by atoms with E-state index >= 15 is 0 Å². The molecule has 0 fully saturated rings.